The summed E-state index contributed by atoms with van der Waals surface area (Å²) >= 11 is 10.1. The molecule has 0 fully saturated rings. The van der Waals surface area contributed by atoms with Crippen LogP contribution in [0.25, 0.3) is 12.2 Å². The van der Waals surface area contributed by atoms with Gasteiger partial charge in [0.25, 0.3) is 5.91 Å². The predicted molar refractivity (Wildman–Crippen MR) is 217 cm³/mol. The lowest BCUT2D eigenvalue weighted by Crippen LogP contribution is -2.43. The van der Waals surface area contributed by atoms with E-state index in [0.29, 0.717) is 24.1 Å². The highest BCUT2D eigenvalue weighted by molar-refractivity contribution is 6.43. The molecular formula is C43H41Cl2F2NO10. The number of hydrogen-bond acceptors (Lipinski definition) is 8. The van der Waals surface area contributed by atoms with Gasteiger partial charge in [-0.2, -0.15) is 0 Å². The highest BCUT2D eigenvalue weighted by Crippen LogP contribution is 2.14. The van der Waals surface area contributed by atoms with E-state index in [0.717, 1.165) is 42.3 Å². The van der Waals surface area contributed by atoms with Crippen LogP contribution in [0.15, 0.2) is 109 Å². The summed E-state index contributed by atoms with van der Waals surface area (Å²) in [5.74, 6) is -6.05. The van der Waals surface area contributed by atoms with Gasteiger partial charge < -0.3 is 20.3 Å². The topological polar surface area (TPSA) is 181 Å². The first-order valence-corrected chi connectivity index (χ1v) is 18.2. The number of alkyl halides is 2. The van der Waals surface area contributed by atoms with E-state index in [1.165, 1.54) is 54.6 Å². The number of nitrogens with one attached hydrogen (secondary N) is 1. The third-order valence-corrected chi connectivity index (χ3v) is 6.98. The Kier molecular flexibility index (Phi) is 23.4. The Labute approximate surface area is 343 Å². The second-order valence-electron chi connectivity index (χ2n) is 11.5. The van der Waals surface area contributed by atoms with Gasteiger partial charge in [0, 0.05) is 23.7 Å². The number of hydrogen-bond donors (Lipinski definition) is 3. The van der Waals surface area contributed by atoms with E-state index in [-0.39, 0.29) is 27.8 Å². The standard InChI is InChI=1S/C23H22FNO6.C10H10O2.C8H5FO2.C2H4Cl2/c1-2-3-14-25-22(29)21(20(28)16-9-11-18(24)12-10-16)31-23(30)17-7-4-15(5-8-17)6-13-19(26)27;1-2-3-8-4-6-9(7-5-8)10(11)12;9-7-3-1-6(2-4-7)8(11)5-10;1-2(3)4/h4-13,21H,2-3,14H2,1H3,(H,25,29)(H,26,27);2-7H,1H3,(H,11,12);1-5H;2H,1H3/b13-6+;3-2+;;. The number of amides is 1. The number of rotatable bonds is 14. The van der Waals surface area contributed by atoms with Crippen molar-refractivity contribution >= 4 is 77.0 Å². The molecule has 11 nitrogen and oxygen atoms in total. The van der Waals surface area contributed by atoms with Crippen molar-refractivity contribution in [1.82, 2.24) is 5.32 Å². The maximum Gasteiger partial charge on any atom is 0.339 e. The van der Waals surface area contributed by atoms with E-state index >= 15 is 0 Å². The van der Waals surface area contributed by atoms with Crippen LogP contribution in [0.1, 0.15) is 86.2 Å². The van der Waals surface area contributed by atoms with Crippen molar-refractivity contribution < 1.29 is 57.3 Å². The number of Topliss-reactive ketones (excluding diaryl/α,β-unsaturated/α-hetero) is 2. The number of ether oxygens (including phenoxy) is 1. The van der Waals surface area contributed by atoms with Gasteiger partial charge in [0.1, 0.15) is 16.5 Å². The van der Waals surface area contributed by atoms with Crippen LogP contribution >= 0.6 is 23.2 Å². The quantitative estimate of drug-likeness (QED) is 0.0162. The van der Waals surface area contributed by atoms with E-state index in [1.54, 1.807) is 31.2 Å². The second-order valence-corrected chi connectivity index (χ2v) is 13.1. The molecule has 0 aromatic heterocycles. The van der Waals surface area contributed by atoms with Crippen molar-refractivity contribution in [2.75, 3.05) is 6.54 Å². The summed E-state index contributed by atoms with van der Waals surface area (Å²) in [4.78, 5) is 79.2. The fourth-order valence-corrected chi connectivity index (χ4v) is 4.16. The molecule has 58 heavy (non-hydrogen) atoms. The van der Waals surface area contributed by atoms with E-state index in [1.807, 2.05) is 26.0 Å². The number of aldehydes is 1. The maximum absolute atomic E-state index is 13.2. The molecule has 3 N–H and O–H groups in total. The number of aliphatic carboxylic acids is 1. The Morgan fingerprint density at radius 3 is 1.60 bits per heavy atom. The van der Waals surface area contributed by atoms with Crippen LogP contribution in [0.5, 0.6) is 0 Å². The Morgan fingerprint density at radius 1 is 0.724 bits per heavy atom. The molecule has 1 unspecified atom stereocenters. The molecule has 1 atom stereocenters. The van der Waals surface area contributed by atoms with Gasteiger partial charge >= 0.3 is 17.9 Å². The molecule has 0 spiro atoms. The number of esters is 1. The number of carbonyl (C=O) groups excluding carboxylic acids is 5. The van der Waals surface area contributed by atoms with Crippen molar-refractivity contribution in [2.24, 2.45) is 0 Å². The minimum atomic E-state index is -1.73. The minimum Gasteiger partial charge on any atom is -0.478 e. The van der Waals surface area contributed by atoms with Crippen molar-refractivity contribution in [3.63, 3.8) is 0 Å². The molecule has 0 bridgehead atoms. The van der Waals surface area contributed by atoms with E-state index < -0.39 is 53.1 Å². The normalized spacial score (nSPS) is 10.8. The number of aromatic carboxylic acids is 1. The number of benzene rings is 4. The zero-order chi connectivity index (χ0) is 43.6. The van der Waals surface area contributed by atoms with Crippen LogP contribution in [0.2, 0.25) is 0 Å². The monoisotopic (exact) mass is 839 g/mol. The molecule has 0 aliphatic heterocycles. The molecule has 4 aromatic carbocycles. The molecule has 1 amide bonds. The number of unbranched alkanes of at least 4 members (excludes halogenated alkanes) is 1. The van der Waals surface area contributed by atoms with Crippen molar-refractivity contribution in [3.05, 3.63) is 154 Å². The summed E-state index contributed by atoms with van der Waals surface area (Å²) in [6, 6.07) is 21.9. The molecule has 0 heterocycles. The van der Waals surface area contributed by atoms with Crippen LogP contribution in [-0.2, 0) is 19.1 Å². The number of halogens is 4. The Balaban J connectivity index is 0.000000503. The molecule has 0 aliphatic carbocycles. The van der Waals surface area contributed by atoms with Gasteiger partial charge in [-0.1, -0.05) is 49.8 Å². The van der Waals surface area contributed by atoms with Crippen LogP contribution in [0.3, 0.4) is 0 Å². The van der Waals surface area contributed by atoms with Gasteiger partial charge in [0.2, 0.25) is 17.7 Å². The molecule has 4 aromatic rings. The molecule has 306 valence electrons. The van der Waals surface area contributed by atoms with Gasteiger partial charge in [-0.3, -0.25) is 19.2 Å². The summed E-state index contributed by atoms with van der Waals surface area (Å²) in [6.07, 6.45) is 6.10. The fraction of sp³-hybridized carbons (Fsp3) is 0.186. The summed E-state index contributed by atoms with van der Waals surface area (Å²) in [7, 11) is 0. The highest BCUT2D eigenvalue weighted by atomic mass is 35.5. The first-order chi connectivity index (χ1) is 27.5. The first kappa shape index (κ1) is 49.7. The van der Waals surface area contributed by atoms with Crippen molar-refractivity contribution in [2.45, 2.75) is 44.6 Å². The maximum atomic E-state index is 13.2. The van der Waals surface area contributed by atoms with E-state index in [4.69, 9.17) is 38.2 Å². The van der Waals surface area contributed by atoms with E-state index in [2.05, 4.69) is 5.32 Å². The third-order valence-electron chi connectivity index (χ3n) is 6.98. The molecule has 15 heteroatoms. The molecule has 4 rings (SSSR count). The second kappa shape index (κ2) is 27.3. The largest absolute Gasteiger partial charge is 0.478 e. The van der Waals surface area contributed by atoms with Crippen LogP contribution in [-0.4, -0.2) is 69.4 Å². The van der Waals surface area contributed by atoms with Gasteiger partial charge in [-0.15, -0.1) is 23.2 Å². The van der Waals surface area contributed by atoms with Crippen LogP contribution in [0, 0.1) is 11.6 Å². The van der Waals surface area contributed by atoms with Crippen LogP contribution < -0.4 is 5.32 Å². The van der Waals surface area contributed by atoms with Crippen molar-refractivity contribution in [3.8, 4) is 0 Å². The number of carbonyl (C=O) groups is 7. The summed E-state index contributed by atoms with van der Waals surface area (Å²) in [6.45, 7) is 5.86. The zero-order valence-electron chi connectivity index (χ0n) is 31.6. The molecule has 0 saturated carbocycles. The summed E-state index contributed by atoms with van der Waals surface area (Å²) < 4.78 is 30.6. The average Bonchev–Trinajstić information content (AvgIpc) is 3.20. The van der Waals surface area contributed by atoms with Crippen molar-refractivity contribution in [1.29, 1.82) is 0 Å². The van der Waals surface area contributed by atoms with Gasteiger partial charge in [0.15, 0.2) is 6.29 Å². The summed E-state index contributed by atoms with van der Waals surface area (Å²) in [5, 5.41) is 19.8. The molecule has 0 saturated heterocycles. The third kappa shape index (κ3) is 20.0. The molecular weight excluding hydrogens is 799 g/mol. The number of carboxylic acid groups (broad SMARTS) is 2. The average molecular weight is 841 g/mol. The summed E-state index contributed by atoms with van der Waals surface area (Å²) in [5.41, 5.74) is 2.19. The molecule has 0 radical (unpaired) electrons. The Hall–Kier alpha value is -6.31. The lowest BCUT2D eigenvalue weighted by Gasteiger charge is -2.17. The van der Waals surface area contributed by atoms with Gasteiger partial charge in [-0.05, 0) is 110 Å². The number of carboxylic acids is 2. The zero-order valence-corrected chi connectivity index (χ0v) is 33.1. The van der Waals surface area contributed by atoms with Crippen LogP contribution in [0.4, 0.5) is 8.78 Å². The fourth-order valence-electron chi connectivity index (χ4n) is 4.16. The first-order valence-electron chi connectivity index (χ1n) is 17.3. The Morgan fingerprint density at radius 2 is 1.17 bits per heavy atom. The lowest BCUT2D eigenvalue weighted by molar-refractivity contribution is -0.131. The SMILES string of the molecule is C/C=C/c1ccc(C(=O)O)cc1.CC(Cl)Cl.CCCCNC(=O)C(OC(=O)c1ccc(/C=C/C(=O)O)cc1)C(=O)c1ccc(F)cc1.O=CC(=O)c1ccc(F)cc1. The van der Waals surface area contributed by atoms with Gasteiger partial charge in [-0.25, -0.2) is 23.2 Å². The number of ketones is 2. The van der Waals surface area contributed by atoms with Gasteiger partial charge in [0.05, 0.1) is 11.1 Å². The smallest absolute Gasteiger partial charge is 0.339 e. The lowest BCUT2D eigenvalue weighted by atomic mass is 10.0. The highest BCUT2D eigenvalue weighted by Gasteiger charge is 2.32. The minimum absolute atomic E-state index is 0.0268. The molecule has 0 aliphatic rings. The number of allylic oxidation sites excluding steroid dienone is 1. The predicted octanol–water partition coefficient (Wildman–Crippen LogP) is 8.68. The Bertz CT molecular complexity index is 2010. The van der Waals surface area contributed by atoms with E-state index in [9.17, 15) is 42.3 Å².